The molecular formula is C18H19Br2ClN6S. The topological polar surface area (TPSA) is 59.7 Å². The molecule has 0 bridgehead atoms. The van der Waals surface area contributed by atoms with Crippen LogP contribution in [0.4, 0.5) is 5.82 Å². The first-order chi connectivity index (χ1) is 13.4. The summed E-state index contributed by atoms with van der Waals surface area (Å²) in [7, 11) is 0. The Labute approximate surface area is 190 Å². The van der Waals surface area contributed by atoms with Gasteiger partial charge in [-0.05, 0) is 69.1 Å². The molecule has 0 aliphatic carbocycles. The lowest BCUT2D eigenvalue weighted by Crippen LogP contribution is -2.30. The predicted octanol–water partition coefficient (Wildman–Crippen LogP) is 4.99. The number of hydrogen-bond donors (Lipinski definition) is 2. The van der Waals surface area contributed by atoms with Crippen LogP contribution in [0.3, 0.4) is 0 Å². The summed E-state index contributed by atoms with van der Waals surface area (Å²) in [5, 5.41) is 16.5. The first kappa shape index (κ1) is 21.3. The van der Waals surface area contributed by atoms with Crippen molar-refractivity contribution >= 4 is 66.6 Å². The van der Waals surface area contributed by atoms with Crippen LogP contribution in [-0.4, -0.2) is 31.2 Å². The molecule has 28 heavy (non-hydrogen) atoms. The van der Waals surface area contributed by atoms with Gasteiger partial charge in [0.25, 0.3) is 0 Å². The van der Waals surface area contributed by atoms with Gasteiger partial charge in [-0.3, -0.25) is 9.36 Å². The average Bonchev–Trinajstić information content (AvgIpc) is 3.15. The number of halogens is 3. The zero-order chi connectivity index (χ0) is 20.1. The average molecular weight is 547 g/mol. The van der Waals surface area contributed by atoms with Crippen LogP contribution in [0.1, 0.15) is 17.7 Å². The minimum absolute atomic E-state index is 0.529. The second-order valence-electron chi connectivity index (χ2n) is 6.17. The van der Waals surface area contributed by atoms with Gasteiger partial charge in [0.2, 0.25) is 0 Å². The van der Waals surface area contributed by atoms with Crippen molar-refractivity contribution in [1.82, 2.24) is 24.9 Å². The first-order valence-corrected chi connectivity index (χ1v) is 11.0. The Morgan fingerprint density at radius 2 is 1.89 bits per heavy atom. The van der Waals surface area contributed by atoms with Crippen molar-refractivity contribution in [3.05, 3.63) is 61.9 Å². The van der Waals surface area contributed by atoms with E-state index < -0.39 is 0 Å². The number of hydrogen-bond acceptors (Lipinski definition) is 3. The molecule has 10 heteroatoms. The van der Waals surface area contributed by atoms with E-state index in [1.807, 2.05) is 52.9 Å². The van der Waals surface area contributed by atoms with Crippen LogP contribution in [0.5, 0.6) is 0 Å². The molecule has 0 amide bonds. The van der Waals surface area contributed by atoms with E-state index in [4.69, 9.17) is 23.8 Å². The summed E-state index contributed by atoms with van der Waals surface area (Å²) in [6.07, 6.45) is 4.78. The maximum absolute atomic E-state index is 6.22. The van der Waals surface area contributed by atoms with Crippen LogP contribution in [0.15, 0.2) is 45.6 Å². The fraction of sp³-hybridized carbons (Fsp3) is 0.278. The summed E-state index contributed by atoms with van der Waals surface area (Å²) in [4.78, 5) is 0. The van der Waals surface area contributed by atoms with Crippen molar-refractivity contribution < 1.29 is 0 Å². The molecule has 6 nitrogen and oxygen atoms in total. The summed E-state index contributed by atoms with van der Waals surface area (Å²) in [5.74, 6) is 0.663. The van der Waals surface area contributed by atoms with Crippen LogP contribution in [0.25, 0.3) is 0 Å². The van der Waals surface area contributed by atoms with E-state index in [0.29, 0.717) is 17.5 Å². The van der Waals surface area contributed by atoms with Gasteiger partial charge in [-0.25, -0.2) is 0 Å². The molecule has 1 aromatic carbocycles. The zero-order valence-corrected chi connectivity index (χ0v) is 19.9. The first-order valence-electron chi connectivity index (χ1n) is 8.63. The van der Waals surface area contributed by atoms with Crippen molar-refractivity contribution in [3.8, 4) is 0 Å². The SMILES string of the molecule is Cc1nn(CCCNC(=S)Nc2nn(Cc3ccccc3Cl)cc2Br)cc1Br. The molecule has 0 aliphatic rings. The maximum atomic E-state index is 6.22. The summed E-state index contributed by atoms with van der Waals surface area (Å²) < 4.78 is 5.59. The Kier molecular flexibility index (Phi) is 7.50. The molecule has 0 atom stereocenters. The van der Waals surface area contributed by atoms with E-state index in [2.05, 4.69) is 52.7 Å². The molecule has 0 unspecified atom stereocenters. The van der Waals surface area contributed by atoms with Gasteiger partial charge in [0.15, 0.2) is 10.9 Å². The minimum atomic E-state index is 0.529. The number of aromatic nitrogens is 4. The van der Waals surface area contributed by atoms with Crippen molar-refractivity contribution in [2.45, 2.75) is 26.4 Å². The summed E-state index contributed by atoms with van der Waals surface area (Å²) in [6, 6.07) is 7.73. The number of thiocarbonyl (C=S) groups is 1. The molecule has 3 aromatic rings. The Balaban J connectivity index is 1.47. The van der Waals surface area contributed by atoms with Crippen molar-refractivity contribution in [2.75, 3.05) is 11.9 Å². The standard InChI is InChI=1S/C18H19Br2ClN6S/c1-12-14(19)10-26(24-12)8-4-7-22-18(28)23-17-15(20)11-27(25-17)9-13-5-2-3-6-16(13)21/h2-3,5-6,10-11H,4,7-9H2,1H3,(H2,22,23,25,28). The van der Waals surface area contributed by atoms with Gasteiger partial charge in [-0.15, -0.1) is 0 Å². The molecule has 0 spiro atoms. The normalized spacial score (nSPS) is 10.9. The molecule has 148 valence electrons. The molecule has 2 heterocycles. The second-order valence-corrected chi connectivity index (χ2v) is 8.70. The third-order valence-electron chi connectivity index (χ3n) is 3.98. The van der Waals surface area contributed by atoms with Crippen LogP contribution in [-0.2, 0) is 13.1 Å². The van der Waals surface area contributed by atoms with Gasteiger partial charge in [-0.1, -0.05) is 29.8 Å². The summed E-state index contributed by atoms with van der Waals surface area (Å²) in [6.45, 7) is 4.11. The number of nitrogens with zero attached hydrogens (tertiary/aromatic N) is 4. The highest BCUT2D eigenvalue weighted by atomic mass is 79.9. The molecule has 0 radical (unpaired) electrons. The van der Waals surface area contributed by atoms with Gasteiger partial charge < -0.3 is 10.6 Å². The van der Waals surface area contributed by atoms with E-state index >= 15 is 0 Å². The fourth-order valence-corrected chi connectivity index (χ4v) is 3.69. The monoisotopic (exact) mass is 544 g/mol. The fourth-order valence-electron chi connectivity index (χ4n) is 2.57. The predicted molar refractivity (Wildman–Crippen MR) is 124 cm³/mol. The number of anilines is 1. The van der Waals surface area contributed by atoms with E-state index in [0.717, 1.165) is 44.7 Å². The van der Waals surface area contributed by atoms with Crippen molar-refractivity contribution in [3.63, 3.8) is 0 Å². The Morgan fingerprint density at radius 1 is 1.14 bits per heavy atom. The number of rotatable bonds is 7. The van der Waals surface area contributed by atoms with Crippen LogP contribution in [0.2, 0.25) is 5.02 Å². The lowest BCUT2D eigenvalue weighted by atomic mass is 10.2. The van der Waals surface area contributed by atoms with Gasteiger partial charge in [-0.2, -0.15) is 10.2 Å². The smallest absolute Gasteiger partial charge is 0.172 e. The molecule has 0 saturated heterocycles. The number of nitrogens with one attached hydrogen (secondary N) is 2. The molecule has 2 aromatic heterocycles. The maximum Gasteiger partial charge on any atom is 0.172 e. The molecule has 0 fully saturated rings. The molecule has 2 N–H and O–H groups in total. The van der Waals surface area contributed by atoms with E-state index in [-0.39, 0.29) is 0 Å². The molecular weight excluding hydrogens is 528 g/mol. The molecule has 0 saturated carbocycles. The third-order valence-corrected chi connectivity index (χ3v) is 5.95. The highest BCUT2D eigenvalue weighted by Crippen LogP contribution is 2.22. The second kappa shape index (κ2) is 9.87. The Bertz CT molecular complexity index is 951. The Morgan fingerprint density at radius 3 is 2.61 bits per heavy atom. The van der Waals surface area contributed by atoms with E-state index in [1.54, 1.807) is 0 Å². The van der Waals surface area contributed by atoms with Gasteiger partial charge in [0.1, 0.15) is 0 Å². The van der Waals surface area contributed by atoms with Crippen LogP contribution < -0.4 is 10.6 Å². The number of aryl methyl sites for hydroxylation is 2. The highest BCUT2D eigenvalue weighted by Gasteiger charge is 2.10. The lowest BCUT2D eigenvalue weighted by molar-refractivity contribution is 0.570. The van der Waals surface area contributed by atoms with E-state index in [9.17, 15) is 0 Å². The quantitative estimate of drug-likeness (QED) is 0.323. The summed E-state index contributed by atoms with van der Waals surface area (Å²) >= 11 is 18.6. The van der Waals surface area contributed by atoms with Gasteiger partial charge in [0, 0.05) is 30.5 Å². The zero-order valence-electron chi connectivity index (χ0n) is 15.1. The molecule has 0 aliphatic heterocycles. The van der Waals surface area contributed by atoms with Crippen molar-refractivity contribution in [2.24, 2.45) is 0 Å². The summed E-state index contributed by atoms with van der Waals surface area (Å²) in [5.41, 5.74) is 1.99. The third kappa shape index (κ3) is 5.79. The van der Waals surface area contributed by atoms with E-state index in [1.165, 1.54) is 0 Å². The van der Waals surface area contributed by atoms with Crippen LogP contribution >= 0.6 is 55.7 Å². The van der Waals surface area contributed by atoms with Gasteiger partial charge >= 0.3 is 0 Å². The largest absolute Gasteiger partial charge is 0.362 e. The van der Waals surface area contributed by atoms with Crippen molar-refractivity contribution in [1.29, 1.82) is 0 Å². The molecule has 3 rings (SSSR count). The van der Waals surface area contributed by atoms with Crippen LogP contribution in [0, 0.1) is 6.92 Å². The number of benzene rings is 1. The highest BCUT2D eigenvalue weighted by molar-refractivity contribution is 9.10. The Hall–Kier alpha value is -1.42. The lowest BCUT2D eigenvalue weighted by Gasteiger charge is -2.09. The minimum Gasteiger partial charge on any atom is -0.362 e. The van der Waals surface area contributed by atoms with Gasteiger partial charge in [0.05, 0.1) is 21.2 Å².